The minimum absolute atomic E-state index is 0.0472. The van der Waals surface area contributed by atoms with E-state index in [9.17, 15) is 9.59 Å². The van der Waals surface area contributed by atoms with Crippen LogP contribution in [-0.4, -0.2) is 11.8 Å². The van der Waals surface area contributed by atoms with Crippen LogP contribution in [0.2, 0.25) is 5.02 Å². The highest BCUT2D eigenvalue weighted by Gasteiger charge is 2.32. The molecule has 0 radical (unpaired) electrons. The van der Waals surface area contributed by atoms with E-state index < -0.39 is 0 Å². The summed E-state index contributed by atoms with van der Waals surface area (Å²) < 4.78 is 0. The fourth-order valence-corrected chi connectivity index (χ4v) is 2.21. The van der Waals surface area contributed by atoms with Crippen molar-refractivity contribution >= 4 is 29.1 Å². The number of anilines is 1. The molecule has 0 saturated carbocycles. The van der Waals surface area contributed by atoms with Crippen LogP contribution in [0.3, 0.4) is 0 Å². The first-order valence-corrected chi connectivity index (χ1v) is 5.96. The highest BCUT2D eigenvalue weighted by atomic mass is 35.5. The van der Waals surface area contributed by atoms with Crippen LogP contribution in [0.1, 0.15) is 25.3 Å². The van der Waals surface area contributed by atoms with Gasteiger partial charge in [0, 0.05) is 17.9 Å². The summed E-state index contributed by atoms with van der Waals surface area (Å²) in [5.74, 6) is -0.513. The number of carbonyl (C=O) groups is 2. The lowest BCUT2D eigenvalue weighted by Crippen LogP contribution is -2.43. The Morgan fingerprint density at radius 2 is 1.94 bits per heavy atom. The van der Waals surface area contributed by atoms with Crippen LogP contribution < -0.4 is 4.90 Å². The van der Waals surface area contributed by atoms with E-state index in [0.717, 1.165) is 4.90 Å². The van der Waals surface area contributed by atoms with Crippen LogP contribution in [0.25, 0.3) is 0 Å². The average Bonchev–Trinajstić information content (AvgIpc) is 2.28. The molecule has 1 heterocycles. The number of amides is 2. The number of nitriles is 1. The number of carbonyl (C=O) groups excluding carboxylic acids is 2. The Morgan fingerprint density at radius 3 is 2.50 bits per heavy atom. The Kier molecular flexibility index (Phi) is 3.35. The highest BCUT2D eigenvalue weighted by Crippen LogP contribution is 2.29. The van der Waals surface area contributed by atoms with Crippen LogP contribution in [0.15, 0.2) is 18.2 Å². The van der Waals surface area contributed by atoms with Crippen LogP contribution in [0, 0.1) is 17.2 Å². The van der Waals surface area contributed by atoms with Crippen molar-refractivity contribution in [2.45, 2.75) is 19.8 Å². The van der Waals surface area contributed by atoms with Gasteiger partial charge < -0.3 is 0 Å². The lowest BCUT2D eigenvalue weighted by Gasteiger charge is -2.28. The summed E-state index contributed by atoms with van der Waals surface area (Å²) in [6.45, 7) is 1.86. The highest BCUT2D eigenvalue weighted by molar-refractivity contribution is 6.31. The minimum Gasteiger partial charge on any atom is -0.274 e. The summed E-state index contributed by atoms with van der Waals surface area (Å²) in [5.41, 5.74) is 0.558. The van der Waals surface area contributed by atoms with Gasteiger partial charge in [-0.05, 0) is 24.1 Å². The molecular formula is C13H11ClN2O2. The molecule has 0 N–H and O–H groups in total. The zero-order chi connectivity index (χ0) is 13.3. The monoisotopic (exact) mass is 262 g/mol. The van der Waals surface area contributed by atoms with E-state index in [4.69, 9.17) is 16.9 Å². The lowest BCUT2D eigenvalue weighted by molar-refractivity contribution is -0.130. The van der Waals surface area contributed by atoms with Crippen LogP contribution in [0.5, 0.6) is 0 Å². The zero-order valence-electron chi connectivity index (χ0n) is 9.81. The summed E-state index contributed by atoms with van der Waals surface area (Å²) in [5, 5.41) is 9.41. The topological polar surface area (TPSA) is 61.2 Å². The lowest BCUT2D eigenvalue weighted by atomic mass is 9.96. The van der Waals surface area contributed by atoms with Gasteiger partial charge >= 0.3 is 0 Å². The second kappa shape index (κ2) is 4.79. The Bertz CT molecular complexity index is 545. The van der Waals surface area contributed by atoms with E-state index in [0.29, 0.717) is 17.9 Å². The first kappa shape index (κ1) is 12.6. The van der Waals surface area contributed by atoms with Gasteiger partial charge in [0.2, 0.25) is 11.8 Å². The SMILES string of the molecule is CC1CC(=O)N(c2cc(Cl)ccc2C#N)C(=O)C1. The first-order valence-electron chi connectivity index (χ1n) is 5.58. The molecule has 2 rings (SSSR count). The molecule has 0 aromatic heterocycles. The Hall–Kier alpha value is -1.86. The standard InChI is InChI=1S/C13H11ClN2O2/c1-8-4-12(17)16(13(18)5-8)11-6-10(14)3-2-9(11)7-15/h2-3,6,8H,4-5H2,1H3. The zero-order valence-corrected chi connectivity index (χ0v) is 10.6. The second-order valence-electron chi connectivity index (χ2n) is 4.41. The molecule has 1 saturated heterocycles. The van der Waals surface area contributed by atoms with Gasteiger partial charge in [0.1, 0.15) is 6.07 Å². The molecule has 0 atom stereocenters. The predicted octanol–water partition coefficient (Wildman–Crippen LogP) is 2.50. The van der Waals surface area contributed by atoms with E-state index in [2.05, 4.69) is 0 Å². The maximum Gasteiger partial charge on any atom is 0.234 e. The summed E-state index contributed by atoms with van der Waals surface area (Å²) in [4.78, 5) is 25.0. The summed E-state index contributed by atoms with van der Waals surface area (Å²) >= 11 is 5.86. The number of imide groups is 1. The van der Waals surface area contributed by atoms with E-state index in [1.165, 1.54) is 12.1 Å². The molecule has 0 aliphatic carbocycles. The number of hydrogen-bond acceptors (Lipinski definition) is 3. The van der Waals surface area contributed by atoms with Crippen LogP contribution in [0.4, 0.5) is 5.69 Å². The number of nitrogens with zero attached hydrogens (tertiary/aromatic N) is 2. The molecule has 18 heavy (non-hydrogen) atoms. The van der Waals surface area contributed by atoms with Crippen molar-refractivity contribution in [2.24, 2.45) is 5.92 Å². The number of piperidine rings is 1. The van der Waals surface area contributed by atoms with E-state index in [1.54, 1.807) is 6.07 Å². The third kappa shape index (κ3) is 2.22. The Balaban J connectivity index is 2.48. The maximum atomic E-state index is 11.9. The van der Waals surface area contributed by atoms with Gasteiger partial charge in [-0.3, -0.25) is 9.59 Å². The van der Waals surface area contributed by atoms with Gasteiger partial charge in [0.25, 0.3) is 0 Å². The van der Waals surface area contributed by atoms with Gasteiger partial charge in [-0.15, -0.1) is 0 Å². The number of halogens is 1. The van der Waals surface area contributed by atoms with Crippen molar-refractivity contribution in [3.05, 3.63) is 28.8 Å². The van der Waals surface area contributed by atoms with E-state index >= 15 is 0 Å². The average molecular weight is 263 g/mol. The Morgan fingerprint density at radius 1 is 1.33 bits per heavy atom. The van der Waals surface area contributed by atoms with E-state index in [-0.39, 0.29) is 29.0 Å². The molecule has 1 aromatic carbocycles. The van der Waals surface area contributed by atoms with Gasteiger partial charge in [0.15, 0.2) is 0 Å². The third-order valence-electron chi connectivity index (χ3n) is 2.87. The number of benzene rings is 1. The normalized spacial score (nSPS) is 16.8. The molecule has 0 spiro atoms. The van der Waals surface area contributed by atoms with Gasteiger partial charge in [-0.25, -0.2) is 4.90 Å². The van der Waals surface area contributed by atoms with Crippen molar-refractivity contribution in [2.75, 3.05) is 4.90 Å². The predicted molar refractivity (Wildman–Crippen MR) is 67.1 cm³/mol. The minimum atomic E-state index is -0.280. The van der Waals surface area contributed by atoms with Crippen molar-refractivity contribution in [1.82, 2.24) is 0 Å². The van der Waals surface area contributed by atoms with Crippen LogP contribution >= 0.6 is 11.6 Å². The molecule has 92 valence electrons. The quantitative estimate of drug-likeness (QED) is 0.731. The molecule has 1 aliphatic rings. The Labute approximate surface area is 110 Å². The molecule has 0 bridgehead atoms. The number of rotatable bonds is 1. The van der Waals surface area contributed by atoms with E-state index in [1.807, 2.05) is 13.0 Å². The molecule has 1 aliphatic heterocycles. The third-order valence-corrected chi connectivity index (χ3v) is 3.10. The molecular weight excluding hydrogens is 252 g/mol. The first-order chi connectivity index (χ1) is 8.52. The van der Waals surface area contributed by atoms with Crippen molar-refractivity contribution in [3.8, 4) is 6.07 Å². The molecule has 0 unspecified atom stereocenters. The molecule has 1 fully saturated rings. The van der Waals surface area contributed by atoms with Crippen molar-refractivity contribution in [3.63, 3.8) is 0 Å². The molecule has 4 nitrogen and oxygen atoms in total. The summed E-state index contributed by atoms with van der Waals surface area (Å²) in [7, 11) is 0. The van der Waals surface area contributed by atoms with Gasteiger partial charge in [-0.2, -0.15) is 5.26 Å². The van der Waals surface area contributed by atoms with Crippen LogP contribution in [-0.2, 0) is 9.59 Å². The smallest absolute Gasteiger partial charge is 0.234 e. The van der Waals surface area contributed by atoms with Gasteiger partial charge in [0.05, 0.1) is 11.3 Å². The summed E-state index contributed by atoms with van der Waals surface area (Å²) in [6, 6.07) is 6.52. The maximum absolute atomic E-state index is 11.9. The summed E-state index contributed by atoms with van der Waals surface area (Å²) in [6.07, 6.45) is 0.617. The second-order valence-corrected chi connectivity index (χ2v) is 4.85. The van der Waals surface area contributed by atoms with Crippen molar-refractivity contribution < 1.29 is 9.59 Å². The van der Waals surface area contributed by atoms with Crippen molar-refractivity contribution in [1.29, 1.82) is 5.26 Å². The molecule has 2 amide bonds. The molecule has 1 aromatic rings. The number of hydrogen-bond donors (Lipinski definition) is 0. The van der Waals surface area contributed by atoms with Gasteiger partial charge in [-0.1, -0.05) is 18.5 Å². The fourth-order valence-electron chi connectivity index (χ4n) is 2.04. The fraction of sp³-hybridized carbons (Fsp3) is 0.308. The molecule has 5 heteroatoms. The largest absolute Gasteiger partial charge is 0.274 e.